The number of nitrogens with zero attached hydrogens (tertiary/aromatic N) is 3. The molecule has 0 atom stereocenters. The monoisotopic (exact) mass is 410 g/mol. The normalized spacial score (nSPS) is 10.7. The first kappa shape index (κ1) is 17.8. The zero-order valence-electron chi connectivity index (χ0n) is 14.0. The summed E-state index contributed by atoms with van der Waals surface area (Å²) in [5.41, 5.74) is 2.34. The number of thiophene rings is 2. The second-order valence-corrected chi connectivity index (χ2v) is 8.29. The highest BCUT2D eigenvalue weighted by Gasteiger charge is 2.16. The van der Waals surface area contributed by atoms with Crippen molar-refractivity contribution in [1.82, 2.24) is 15.2 Å². The third kappa shape index (κ3) is 4.41. The number of amides is 1. The molecule has 1 amide bonds. The van der Waals surface area contributed by atoms with Crippen LogP contribution in [0.1, 0.15) is 0 Å². The van der Waals surface area contributed by atoms with Crippen molar-refractivity contribution in [3.8, 4) is 21.1 Å². The number of carbonyl (C=O) groups excluding carboxylic acids is 1. The van der Waals surface area contributed by atoms with Crippen molar-refractivity contribution in [2.24, 2.45) is 0 Å². The summed E-state index contributed by atoms with van der Waals surface area (Å²) < 4.78 is 0. The van der Waals surface area contributed by atoms with E-state index in [0.29, 0.717) is 5.16 Å². The van der Waals surface area contributed by atoms with Gasteiger partial charge in [-0.25, -0.2) is 4.98 Å². The Morgan fingerprint density at radius 1 is 0.889 bits per heavy atom. The molecule has 0 radical (unpaired) electrons. The van der Waals surface area contributed by atoms with Crippen molar-refractivity contribution < 1.29 is 4.79 Å². The van der Waals surface area contributed by atoms with Crippen molar-refractivity contribution in [1.29, 1.82) is 0 Å². The van der Waals surface area contributed by atoms with Crippen LogP contribution in [-0.4, -0.2) is 26.8 Å². The lowest BCUT2D eigenvalue weighted by Crippen LogP contribution is -2.14. The van der Waals surface area contributed by atoms with E-state index in [1.807, 2.05) is 65.4 Å². The molecule has 0 saturated carbocycles. The number of aromatic nitrogens is 3. The van der Waals surface area contributed by atoms with Crippen molar-refractivity contribution in [2.45, 2.75) is 5.16 Å². The van der Waals surface area contributed by atoms with Crippen LogP contribution in [0.25, 0.3) is 21.1 Å². The number of hydrogen-bond donors (Lipinski definition) is 1. The van der Waals surface area contributed by atoms with Crippen LogP contribution in [0.5, 0.6) is 0 Å². The molecule has 5 nitrogen and oxygen atoms in total. The van der Waals surface area contributed by atoms with Crippen molar-refractivity contribution in [2.75, 3.05) is 11.1 Å². The molecule has 3 heterocycles. The van der Waals surface area contributed by atoms with Gasteiger partial charge in [-0.3, -0.25) is 4.79 Å². The molecule has 0 spiro atoms. The van der Waals surface area contributed by atoms with Crippen molar-refractivity contribution in [3.05, 3.63) is 65.4 Å². The van der Waals surface area contributed by atoms with E-state index in [0.717, 1.165) is 26.8 Å². The van der Waals surface area contributed by atoms with E-state index in [2.05, 4.69) is 20.5 Å². The second-order valence-electron chi connectivity index (χ2n) is 5.45. The quantitative estimate of drug-likeness (QED) is 0.450. The summed E-state index contributed by atoms with van der Waals surface area (Å²) in [4.78, 5) is 18.9. The molecule has 0 aliphatic heterocycles. The molecule has 134 valence electrons. The Labute approximate surface area is 168 Å². The molecule has 1 N–H and O–H groups in total. The Hall–Kier alpha value is -2.55. The van der Waals surface area contributed by atoms with E-state index in [1.54, 1.807) is 22.7 Å². The molecule has 8 heteroatoms. The Morgan fingerprint density at radius 2 is 1.59 bits per heavy atom. The molecular weight excluding hydrogens is 396 g/mol. The van der Waals surface area contributed by atoms with Crippen LogP contribution in [0.15, 0.2) is 70.5 Å². The maximum Gasteiger partial charge on any atom is 0.234 e. The van der Waals surface area contributed by atoms with Gasteiger partial charge >= 0.3 is 0 Å². The molecule has 0 aliphatic carbocycles. The van der Waals surface area contributed by atoms with Gasteiger partial charge in [0.2, 0.25) is 11.1 Å². The summed E-state index contributed by atoms with van der Waals surface area (Å²) >= 11 is 4.49. The number of thioether (sulfide) groups is 1. The smallest absolute Gasteiger partial charge is 0.234 e. The standard InChI is InChI=1S/C19H14N4OS3/c24-16(20-13-6-2-1-3-7-13)12-27-19-21-17(14-8-4-10-25-14)18(22-23-19)15-9-5-11-26-15/h1-11H,12H2,(H,20,24). The predicted molar refractivity (Wildman–Crippen MR) is 112 cm³/mol. The maximum atomic E-state index is 12.1. The Balaban J connectivity index is 1.52. The van der Waals surface area contributed by atoms with Gasteiger partial charge in [0, 0.05) is 5.69 Å². The fourth-order valence-electron chi connectivity index (χ4n) is 2.39. The van der Waals surface area contributed by atoms with Crippen molar-refractivity contribution >= 4 is 46.0 Å². The SMILES string of the molecule is O=C(CSc1nnc(-c2cccs2)c(-c2cccs2)n1)Nc1ccccc1. The zero-order chi connectivity index (χ0) is 18.5. The average Bonchev–Trinajstić information content (AvgIpc) is 3.41. The fourth-order valence-corrected chi connectivity index (χ4v) is 4.40. The molecule has 27 heavy (non-hydrogen) atoms. The number of carbonyl (C=O) groups is 1. The van der Waals surface area contributed by atoms with Gasteiger partial charge < -0.3 is 5.32 Å². The second kappa shape index (κ2) is 8.43. The lowest BCUT2D eigenvalue weighted by atomic mass is 10.2. The predicted octanol–water partition coefficient (Wildman–Crippen LogP) is 5.06. The highest BCUT2D eigenvalue weighted by Crippen LogP contribution is 2.34. The molecule has 0 saturated heterocycles. The number of rotatable bonds is 6. The minimum absolute atomic E-state index is 0.102. The van der Waals surface area contributed by atoms with Gasteiger partial charge in [-0.05, 0) is 35.0 Å². The number of hydrogen-bond acceptors (Lipinski definition) is 7. The van der Waals surface area contributed by atoms with Gasteiger partial charge in [0.05, 0.1) is 15.5 Å². The van der Waals surface area contributed by atoms with Gasteiger partial charge in [-0.15, -0.1) is 32.9 Å². The minimum atomic E-state index is -0.102. The summed E-state index contributed by atoms with van der Waals surface area (Å²) in [5.74, 6) is 0.119. The third-order valence-electron chi connectivity index (χ3n) is 3.57. The Bertz CT molecular complexity index is 1020. The maximum absolute atomic E-state index is 12.1. The number of benzene rings is 1. The van der Waals surface area contributed by atoms with Crippen LogP contribution in [0.3, 0.4) is 0 Å². The zero-order valence-corrected chi connectivity index (χ0v) is 16.5. The van der Waals surface area contributed by atoms with E-state index in [1.165, 1.54) is 11.8 Å². The minimum Gasteiger partial charge on any atom is -0.325 e. The topological polar surface area (TPSA) is 67.8 Å². The molecule has 0 fully saturated rings. The average molecular weight is 411 g/mol. The lowest BCUT2D eigenvalue weighted by Gasteiger charge is -2.07. The van der Waals surface area contributed by atoms with E-state index < -0.39 is 0 Å². The van der Waals surface area contributed by atoms with Gasteiger partial charge in [0.25, 0.3) is 0 Å². The van der Waals surface area contributed by atoms with Gasteiger partial charge in [0.15, 0.2) is 0 Å². The highest BCUT2D eigenvalue weighted by molar-refractivity contribution is 7.99. The summed E-state index contributed by atoms with van der Waals surface area (Å²) in [6.45, 7) is 0. The first-order valence-electron chi connectivity index (χ1n) is 8.10. The molecular formula is C19H14N4OS3. The van der Waals surface area contributed by atoms with Crippen LogP contribution in [0.2, 0.25) is 0 Å². The molecule has 0 bridgehead atoms. The van der Waals surface area contributed by atoms with E-state index in [9.17, 15) is 4.79 Å². The summed E-state index contributed by atoms with van der Waals surface area (Å²) in [7, 11) is 0. The molecule has 3 aromatic heterocycles. The summed E-state index contributed by atoms with van der Waals surface area (Å²) in [6.07, 6.45) is 0. The molecule has 4 aromatic rings. The lowest BCUT2D eigenvalue weighted by molar-refractivity contribution is -0.113. The van der Waals surface area contributed by atoms with E-state index >= 15 is 0 Å². The number of anilines is 1. The summed E-state index contributed by atoms with van der Waals surface area (Å²) in [6, 6.07) is 17.4. The Morgan fingerprint density at radius 3 is 2.26 bits per heavy atom. The van der Waals surface area contributed by atoms with Crippen LogP contribution >= 0.6 is 34.4 Å². The first-order chi connectivity index (χ1) is 13.3. The first-order valence-corrected chi connectivity index (χ1v) is 10.8. The number of nitrogens with one attached hydrogen (secondary N) is 1. The largest absolute Gasteiger partial charge is 0.325 e. The highest BCUT2D eigenvalue weighted by atomic mass is 32.2. The fraction of sp³-hybridized carbons (Fsp3) is 0.0526. The van der Waals surface area contributed by atoms with Crippen molar-refractivity contribution in [3.63, 3.8) is 0 Å². The summed E-state index contributed by atoms with van der Waals surface area (Å²) in [5, 5.41) is 16.0. The number of para-hydroxylation sites is 1. The van der Waals surface area contributed by atoms with E-state index in [4.69, 9.17) is 0 Å². The van der Waals surface area contributed by atoms with E-state index in [-0.39, 0.29) is 11.7 Å². The Kier molecular flexibility index (Phi) is 5.57. The molecule has 0 unspecified atom stereocenters. The van der Waals surface area contributed by atoms with Crippen LogP contribution in [0, 0.1) is 0 Å². The molecule has 0 aliphatic rings. The van der Waals surface area contributed by atoms with Gasteiger partial charge in [-0.1, -0.05) is 42.1 Å². The van der Waals surface area contributed by atoms with Gasteiger partial charge in [0.1, 0.15) is 11.4 Å². The molecule has 1 aromatic carbocycles. The van der Waals surface area contributed by atoms with Gasteiger partial charge in [-0.2, -0.15) is 0 Å². The van der Waals surface area contributed by atoms with Crippen LogP contribution in [-0.2, 0) is 4.79 Å². The van der Waals surface area contributed by atoms with Crippen LogP contribution < -0.4 is 5.32 Å². The molecule has 4 rings (SSSR count). The van der Waals surface area contributed by atoms with Crippen LogP contribution in [0.4, 0.5) is 5.69 Å². The third-order valence-corrected chi connectivity index (χ3v) is 6.16.